The van der Waals surface area contributed by atoms with Crippen molar-refractivity contribution in [3.8, 4) is 17.0 Å². The van der Waals surface area contributed by atoms with Crippen LogP contribution in [-0.4, -0.2) is 31.1 Å². The molecule has 0 unspecified atom stereocenters. The molecule has 5 nitrogen and oxygen atoms in total. The SMILES string of the molecule is Cc1cc(C(F)(F)F)cc(O)c1-c1cc2ccn([C@@H]3CCC[C@H]3O)c2nn1. The van der Waals surface area contributed by atoms with E-state index in [0.29, 0.717) is 17.4 Å². The van der Waals surface area contributed by atoms with Gasteiger partial charge in [-0.05, 0) is 56.0 Å². The van der Waals surface area contributed by atoms with Gasteiger partial charge in [0.15, 0.2) is 5.65 Å². The predicted molar refractivity (Wildman–Crippen MR) is 93.3 cm³/mol. The number of aliphatic hydroxyl groups excluding tert-OH is 1. The summed E-state index contributed by atoms with van der Waals surface area (Å²) in [6.07, 6.45) is -0.585. The van der Waals surface area contributed by atoms with Crippen LogP contribution in [-0.2, 0) is 6.18 Å². The van der Waals surface area contributed by atoms with Crippen molar-refractivity contribution in [1.82, 2.24) is 14.8 Å². The van der Waals surface area contributed by atoms with E-state index in [1.165, 1.54) is 6.92 Å². The molecule has 0 amide bonds. The Morgan fingerprint density at radius 3 is 2.56 bits per heavy atom. The second kappa shape index (κ2) is 6.23. The topological polar surface area (TPSA) is 71.2 Å². The number of aromatic nitrogens is 3. The number of alkyl halides is 3. The lowest BCUT2D eigenvalue weighted by molar-refractivity contribution is -0.137. The van der Waals surface area contributed by atoms with Crippen molar-refractivity contribution in [2.45, 2.75) is 44.5 Å². The molecule has 8 heteroatoms. The van der Waals surface area contributed by atoms with Gasteiger partial charge in [-0.15, -0.1) is 10.2 Å². The van der Waals surface area contributed by atoms with Gasteiger partial charge in [0.2, 0.25) is 0 Å². The highest BCUT2D eigenvalue weighted by Crippen LogP contribution is 2.39. The van der Waals surface area contributed by atoms with Gasteiger partial charge in [-0.25, -0.2) is 0 Å². The fraction of sp³-hybridized carbons (Fsp3) is 0.368. The second-order valence-corrected chi connectivity index (χ2v) is 6.98. The molecule has 1 aliphatic carbocycles. The average molecular weight is 377 g/mol. The van der Waals surface area contributed by atoms with Crippen molar-refractivity contribution in [2.75, 3.05) is 0 Å². The number of hydrogen-bond acceptors (Lipinski definition) is 4. The minimum Gasteiger partial charge on any atom is -0.507 e. The first-order chi connectivity index (χ1) is 12.8. The lowest BCUT2D eigenvalue weighted by atomic mass is 10.00. The van der Waals surface area contributed by atoms with Crippen LogP contribution >= 0.6 is 0 Å². The van der Waals surface area contributed by atoms with Crippen LogP contribution in [0.3, 0.4) is 0 Å². The number of hydrogen-bond donors (Lipinski definition) is 2. The van der Waals surface area contributed by atoms with Gasteiger partial charge in [-0.3, -0.25) is 0 Å². The van der Waals surface area contributed by atoms with E-state index in [4.69, 9.17) is 0 Å². The molecule has 1 aromatic carbocycles. The molecule has 27 heavy (non-hydrogen) atoms. The normalized spacial score (nSPS) is 20.5. The van der Waals surface area contributed by atoms with E-state index in [9.17, 15) is 23.4 Å². The third kappa shape index (κ3) is 3.03. The molecule has 2 aromatic heterocycles. The summed E-state index contributed by atoms with van der Waals surface area (Å²) in [6.45, 7) is 1.50. The van der Waals surface area contributed by atoms with Crippen LogP contribution in [0.25, 0.3) is 22.3 Å². The minimum atomic E-state index is -4.53. The van der Waals surface area contributed by atoms with Crippen molar-refractivity contribution < 1.29 is 23.4 Å². The number of aliphatic hydroxyl groups is 1. The Morgan fingerprint density at radius 1 is 1.15 bits per heavy atom. The van der Waals surface area contributed by atoms with E-state index in [0.717, 1.165) is 30.7 Å². The van der Waals surface area contributed by atoms with Crippen LogP contribution in [0.1, 0.15) is 36.4 Å². The molecule has 142 valence electrons. The quantitative estimate of drug-likeness (QED) is 0.702. The van der Waals surface area contributed by atoms with Crippen LogP contribution in [0.4, 0.5) is 13.2 Å². The van der Waals surface area contributed by atoms with Crippen molar-refractivity contribution in [1.29, 1.82) is 0 Å². The molecule has 0 radical (unpaired) electrons. The molecule has 0 aliphatic heterocycles. The predicted octanol–water partition coefficient (Wildman–Crippen LogP) is 4.22. The van der Waals surface area contributed by atoms with E-state index in [-0.39, 0.29) is 17.2 Å². The van der Waals surface area contributed by atoms with E-state index in [1.807, 2.05) is 16.8 Å². The number of nitrogens with zero attached hydrogens (tertiary/aromatic N) is 3. The van der Waals surface area contributed by atoms with Gasteiger partial charge in [-0.1, -0.05) is 0 Å². The minimum absolute atomic E-state index is 0.0520. The zero-order chi connectivity index (χ0) is 19.3. The molecule has 3 aromatic rings. The Hall–Kier alpha value is -2.61. The Bertz CT molecular complexity index is 990. The number of halogens is 3. The molecule has 0 spiro atoms. The maximum atomic E-state index is 12.9. The highest BCUT2D eigenvalue weighted by atomic mass is 19.4. The zero-order valence-corrected chi connectivity index (χ0v) is 14.5. The Balaban J connectivity index is 1.77. The largest absolute Gasteiger partial charge is 0.507 e. The smallest absolute Gasteiger partial charge is 0.416 e. The summed E-state index contributed by atoms with van der Waals surface area (Å²) in [4.78, 5) is 0. The van der Waals surface area contributed by atoms with Gasteiger partial charge in [0.1, 0.15) is 5.75 Å². The second-order valence-electron chi connectivity index (χ2n) is 6.98. The summed E-state index contributed by atoms with van der Waals surface area (Å²) in [5.41, 5.74) is 0.494. The highest BCUT2D eigenvalue weighted by molar-refractivity contribution is 5.82. The third-order valence-corrected chi connectivity index (χ3v) is 5.16. The van der Waals surface area contributed by atoms with E-state index in [1.54, 1.807) is 6.07 Å². The van der Waals surface area contributed by atoms with Crippen LogP contribution < -0.4 is 0 Å². The van der Waals surface area contributed by atoms with Gasteiger partial charge in [0.25, 0.3) is 0 Å². The lowest BCUT2D eigenvalue weighted by Gasteiger charge is -2.17. The van der Waals surface area contributed by atoms with Gasteiger partial charge in [-0.2, -0.15) is 13.2 Å². The fourth-order valence-corrected chi connectivity index (χ4v) is 3.85. The van der Waals surface area contributed by atoms with Crippen LogP contribution in [0.5, 0.6) is 5.75 Å². The van der Waals surface area contributed by atoms with Crippen LogP contribution in [0.2, 0.25) is 0 Å². The average Bonchev–Trinajstić information content (AvgIpc) is 3.18. The van der Waals surface area contributed by atoms with Gasteiger partial charge < -0.3 is 14.8 Å². The summed E-state index contributed by atoms with van der Waals surface area (Å²) in [5, 5.41) is 29.4. The summed E-state index contributed by atoms with van der Waals surface area (Å²) in [6, 6.07) is 5.16. The van der Waals surface area contributed by atoms with Crippen molar-refractivity contribution >= 4 is 11.0 Å². The number of aryl methyl sites for hydroxylation is 1. The molecule has 1 saturated carbocycles. The van der Waals surface area contributed by atoms with Crippen molar-refractivity contribution in [3.05, 3.63) is 41.6 Å². The number of rotatable bonds is 2. The number of phenols is 1. The lowest BCUT2D eigenvalue weighted by Crippen LogP contribution is -2.17. The molecule has 0 saturated heterocycles. The number of fused-ring (bicyclic) bond motifs is 1. The van der Waals surface area contributed by atoms with Gasteiger partial charge in [0.05, 0.1) is 23.4 Å². The summed E-state index contributed by atoms with van der Waals surface area (Å²) in [7, 11) is 0. The Kier molecular flexibility index (Phi) is 4.10. The molecule has 1 aliphatic rings. The summed E-state index contributed by atoms with van der Waals surface area (Å²) >= 11 is 0. The molecule has 2 N–H and O–H groups in total. The van der Waals surface area contributed by atoms with Gasteiger partial charge >= 0.3 is 6.18 Å². The first kappa shape index (κ1) is 17.8. The molecule has 2 heterocycles. The third-order valence-electron chi connectivity index (χ3n) is 5.16. The zero-order valence-electron chi connectivity index (χ0n) is 14.5. The molecule has 0 bridgehead atoms. The van der Waals surface area contributed by atoms with E-state index < -0.39 is 23.6 Å². The summed E-state index contributed by atoms with van der Waals surface area (Å²) < 4.78 is 40.6. The maximum absolute atomic E-state index is 12.9. The Labute approximate surface area is 153 Å². The van der Waals surface area contributed by atoms with Gasteiger partial charge in [0, 0.05) is 17.1 Å². The molecule has 2 atom stereocenters. The van der Waals surface area contributed by atoms with Crippen molar-refractivity contribution in [3.63, 3.8) is 0 Å². The molecular formula is C19H18F3N3O2. The standard InChI is InChI=1S/C19H18F3N3O2/c1-10-7-12(19(20,21)22)9-16(27)17(10)13-8-11-5-6-25(18(11)24-23-13)14-3-2-4-15(14)26/h5-9,14-15,26-27H,2-4H2,1H3/t14-,15-/m1/s1. The van der Waals surface area contributed by atoms with Crippen molar-refractivity contribution in [2.24, 2.45) is 0 Å². The maximum Gasteiger partial charge on any atom is 0.416 e. The first-order valence-corrected chi connectivity index (χ1v) is 8.69. The molecule has 4 rings (SSSR count). The number of phenolic OH excluding ortho intramolecular Hbond substituents is 1. The highest BCUT2D eigenvalue weighted by Gasteiger charge is 2.32. The number of benzene rings is 1. The number of aromatic hydroxyl groups is 1. The van der Waals surface area contributed by atoms with E-state index >= 15 is 0 Å². The fourth-order valence-electron chi connectivity index (χ4n) is 3.85. The Morgan fingerprint density at radius 2 is 1.93 bits per heavy atom. The monoisotopic (exact) mass is 377 g/mol. The van der Waals surface area contributed by atoms with E-state index in [2.05, 4.69) is 10.2 Å². The molecular weight excluding hydrogens is 359 g/mol. The van der Waals surface area contributed by atoms with Crippen LogP contribution in [0, 0.1) is 6.92 Å². The summed E-state index contributed by atoms with van der Waals surface area (Å²) in [5.74, 6) is -0.485. The van der Waals surface area contributed by atoms with Crippen LogP contribution in [0.15, 0.2) is 30.5 Å². The molecule has 1 fully saturated rings. The first-order valence-electron chi connectivity index (χ1n) is 8.69.